The fraction of sp³-hybridized carbons (Fsp3) is 0.316. The van der Waals surface area contributed by atoms with Crippen LogP contribution >= 0.6 is 11.6 Å². The normalized spacial score (nSPS) is 11.8. The van der Waals surface area contributed by atoms with Gasteiger partial charge in [-0.2, -0.15) is 0 Å². The number of hydrogen-bond donors (Lipinski definition) is 2. The van der Waals surface area contributed by atoms with Crippen LogP contribution < -0.4 is 15.4 Å². The molecule has 5 heteroatoms. The monoisotopic (exact) mass is 346 g/mol. The summed E-state index contributed by atoms with van der Waals surface area (Å²) in [7, 11) is 1.64. The Bertz CT molecular complexity index is 659. The van der Waals surface area contributed by atoms with Gasteiger partial charge in [0.2, 0.25) is 5.91 Å². The third-order valence-corrected chi connectivity index (χ3v) is 4.18. The Morgan fingerprint density at radius 3 is 2.54 bits per heavy atom. The highest BCUT2D eigenvalue weighted by Gasteiger charge is 2.10. The molecule has 2 rings (SSSR count). The number of rotatable bonds is 8. The van der Waals surface area contributed by atoms with Crippen molar-refractivity contribution in [2.45, 2.75) is 19.4 Å². The smallest absolute Gasteiger partial charge is 0.233 e. The summed E-state index contributed by atoms with van der Waals surface area (Å²) in [5.41, 5.74) is 2.15. The van der Waals surface area contributed by atoms with E-state index in [2.05, 4.69) is 10.6 Å². The van der Waals surface area contributed by atoms with Crippen LogP contribution in [0, 0.1) is 0 Å². The zero-order valence-electron chi connectivity index (χ0n) is 14.0. The maximum Gasteiger partial charge on any atom is 0.233 e. The minimum Gasteiger partial charge on any atom is -0.497 e. The molecule has 0 radical (unpaired) electrons. The zero-order valence-corrected chi connectivity index (χ0v) is 14.8. The van der Waals surface area contributed by atoms with E-state index in [1.54, 1.807) is 7.11 Å². The summed E-state index contributed by atoms with van der Waals surface area (Å²) in [6, 6.07) is 15.5. The molecule has 1 unspecified atom stereocenters. The Kier molecular flexibility index (Phi) is 7.09. The standard InChI is InChI=1S/C19H23ClN2O2/c1-14(17-5-3-4-6-18(17)20)22-13-19(23)21-12-11-15-7-9-16(24-2)10-8-15/h3-10,14,22H,11-13H2,1-2H3,(H,21,23). The van der Waals surface area contributed by atoms with Gasteiger partial charge in [-0.25, -0.2) is 0 Å². The highest BCUT2D eigenvalue weighted by Crippen LogP contribution is 2.21. The molecule has 2 aromatic carbocycles. The molecule has 1 atom stereocenters. The van der Waals surface area contributed by atoms with Crippen molar-refractivity contribution in [2.75, 3.05) is 20.2 Å². The van der Waals surface area contributed by atoms with Crippen molar-refractivity contribution in [1.29, 1.82) is 0 Å². The predicted molar refractivity (Wildman–Crippen MR) is 97.6 cm³/mol. The van der Waals surface area contributed by atoms with Gasteiger partial charge in [0.15, 0.2) is 0 Å². The first-order valence-corrected chi connectivity index (χ1v) is 8.35. The van der Waals surface area contributed by atoms with Gasteiger partial charge in [-0.05, 0) is 42.7 Å². The minimum atomic E-state index is -0.0255. The predicted octanol–water partition coefficient (Wildman–Crippen LogP) is 3.36. The van der Waals surface area contributed by atoms with E-state index >= 15 is 0 Å². The van der Waals surface area contributed by atoms with Crippen molar-refractivity contribution in [3.8, 4) is 5.75 Å². The summed E-state index contributed by atoms with van der Waals surface area (Å²) in [4.78, 5) is 11.9. The van der Waals surface area contributed by atoms with Crippen LogP contribution in [0.1, 0.15) is 24.1 Å². The molecular formula is C19H23ClN2O2. The second kappa shape index (κ2) is 9.30. The highest BCUT2D eigenvalue weighted by molar-refractivity contribution is 6.31. The van der Waals surface area contributed by atoms with E-state index in [0.29, 0.717) is 11.6 Å². The molecule has 24 heavy (non-hydrogen) atoms. The van der Waals surface area contributed by atoms with Gasteiger partial charge in [0.05, 0.1) is 13.7 Å². The van der Waals surface area contributed by atoms with Crippen molar-refractivity contribution in [3.63, 3.8) is 0 Å². The lowest BCUT2D eigenvalue weighted by molar-refractivity contribution is -0.120. The molecule has 2 aromatic rings. The van der Waals surface area contributed by atoms with Crippen LogP contribution in [-0.2, 0) is 11.2 Å². The molecule has 0 saturated heterocycles. The molecule has 0 heterocycles. The quantitative estimate of drug-likeness (QED) is 0.770. The maximum atomic E-state index is 11.9. The van der Waals surface area contributed by atoms with E-state index in [0.717, 1.165) is 23.3 Å². The fourth-order valence-electron chi connectivity index (χ4n) is 2.38. The second-order valence-corrected chi connectivity index (χ2v) is 5.98. The molecule has 4 nitrogen and oxygen atoms in total. The number of hydrogen-bond acceptors (Lipinski definition) is 3. The highest BCUT2D eigenvalue weighted by atomic mass is 35.5. The van der Waals surface area contributed by atoms with Crippen molar-refractivity contribution >= 4 is 17.5 Å². The van der Waals surface area contributed by atoms with Crippen molar-refractivity contribution < 1.29 is 9.53 Å². The summed E-state index contributed by atoms with van der Waals surface area (Å²) < 4.78 is 5.12. The minimum absolute atomic E-state index is 0.0195. The van der Waals surface area contributed by atoms with Crippen LogP contribution in [0.25, 0.3) is 0 Å². The van der Waals surface area contributed by atoms with Gasteiger partial charge < -0.3 is 15.4 Å². The molecule has 0 fully saturated rings. The Morgan fingerprint density at radius 1 is 1.17 bits per heavy atom. The van der Waals surface area contributed by atoms with E-state index in [1.165, 1.54) is 0 Å². The van der Waals surface area contributed by atoms with Crippen molar-refractivity contribution in [1.82, 2.24) is 10.6 Å². The molecule has 0 saturated carbocycles. The van der Waals surface area contributed by atoms with Gasteiger partial charge in [-0.3, -0.25) is 4.79 Å². The van der Waals surface area contributed by atoms with Gasteiger partial charge in [-0.15, -0.1) is 0 Å². The number of nitrogens with one attached hydrogen (secondary N) is 2. The molecule has 1 amide bonds. The number of carbonyl (C=O) groups is 1. The molecular weight excluding hydrogens is 324 g/mol. The number of amides is 1. The largest absolute Gasteiger partial charge is 0.497 e. The number of benzene rings is 2. The first kappa shape index (κ1) is 18.3. The fourth-order valence-corrected chi connectivity index (χ4v) is 2.68. The zero-order chi connectivity index (χ0) is 17.4. The first-order chi connectivity index (χ1) is 11.6. The topological polar surface area (TPSA) is 50.4 Å². The van der Waals surface area contributed by atoms with E-state index in [9.17, 15) is 4.79 Å². The third-order valence-electron chi connectivity index (χ3n) is 3.84. The van der Waals surface area contributed by atoms with E-state index in [1.807, 2.05) is 55.5 Å². The molecule has 0 aliphatic rings. The molecule has 0 aliphatic heterocycles. The van der Waals surface area contributed by atoms with Crippen LogP contribution in [-0.4, -0.2) is 26.1 Å². The van der Waals surface area contributed by atoms with Crippen molar-refractivity contribution in [2.24, 2.45) is 0 Å². The number of ether oxygens (including phenoxy) is 1. The third kappa shape index (κ3) is 5.55. The van der Waals surface area contributed by atoms with Gasteiger partial charge >= 0.3 is 0 Å². The van der Waals surface area contributed by atoms with Crippen LogP contribution in [0.4, 0.5) is 0 Å². The van der Waals surface area contributed by atoms with E-state index in [4.69, 9.17) is 16.3 Å². The Balaban J connectivity index is 1.70. The number of methoxy groups -OCH3 is 1. The SMILES string of the molecule is COc1ccc(CCNC(=O)CNC(C)c2ccccc2Cl)cc1. The van der Waals surface area contributed by atoms with Gasteiger partial charge in [0.25, 0.3) is 0 Å². The van der Waals surface area contributed by atoms with E-state index in [-0.39, 0.29) is 18.5 Å². The Morgan fingerprint density at radius 2 is 1.88 bits per heavy atom. The van der Waals surface area contributed by atoms with Gasteiger partial charge in [0, 0.05) is 17.6 Å². The molecule has 0 aliphatic carbocycles. The number of carbonyl (C=O) groups excluding carboxylic acids is 1. The van der Waals surface area contributed by atoms with Crippen LogP contribution in [0.5, 0.6) is 5.75 Å². The summed E-state index contributed by atoms with van der Waals surface area (Å²) >= 11 is 6.16. The molecule has 2 N–H and O–H groups in total. The first-order valence-electron chi connectivity index (χ1n) is 7.97. The molecule has 128 valence electrons. The average molecular weight is 347 g/mol. The van der Waals surface area contributed by atoms with Crippen LogP contribution in [0.2, 0.25) is 5.02 Å². The van der Waals surface area contributed by atoms with Crippen LogP contribution in [0.3, 0.4) is 0 Å². The van der Waals surface area contributed by atoms with Gasteiger partial charge in [0.1, 0.15) is 5.75 Å². The molecule has 0 bridgehead atoms. The molecule has 0 spiro atoms. The lowest BCUT2D eigenvalue weighted by Crippen LogP contribution is -2.36. The summed E-state index contributed by atoms with van der Waals surface area (Å²) in [6.07, 6.45) is 0.788. The Labute approximate surface area is 148 Å². The van der Waals surface area contributed by atoms with Gasteiger partial charge in [-0.1, -0.05) is 41.9 Å². The number of halogens is 1. The summed E-state index contributed by atoms with van der Waals surface area (Å²) in [5, 5.41) is 6.81. The Hall–Kier alpha value is -2.04. The van der Waals surface area contributed by atoms with Crippen LogP contribution in [0.15, 0.2) is 48.5 Å². The maximum absolute atomic E-state index is 11.9. The average Bonchev–Trinajstić information content (AvgIpc) is 2.60. The van der Waals surface area contributed by atoms with Crippen molar-refractivity contribution in [3.05, 3.63) is 64.7 Å². The summed E-state index contributed by atoms with van der Waals surface area (Å²) in [6.45, 7) is 2.86. The lowest BCUT2D eigenvalue weighted by atomic mass is 10.1. The summed E-state index contributed by atoms with van der Waals surface area (Å²) in [5.74, 6) is 0.808. The van der Waals surface area contributed by atoms with E-state index < -0.39 is 0 Å². The second-order valence-electron chi connectivity index (χ2n) is 5.57. The lowest BCUT2D eigenvalue weighted by Gasteiger charge is -2.15. The molecule has 0 aromatic heterocycles.